The summed E-state index contributed by atoms with van der Waals surface area (Å²) >= 11 is 0. The van der Waals surface area contributed by atoms with Gasteiger partial charge < -0.3 is 14.2 Å². The van der Waals surface area contributed by atoms with Gasteiger partial charge >= 0.3 is 0 Å². The van der Waals surface area contributed by atoms with E-state index in [-0.39, 0.29) is 29.9 Å². The van der Waals surface area contributed by atoms with Crippen LogP contribution in [-0.4, -0.2) is 40.2 Å². The van der Waals surface area contributed by atoms with E-state index in [9.17, 15) is 4.79 Å². The lowest BCUT2D eigenvalue weighted by Gasteiger charge is -2.31. The Bertz CT molecular complexity index is 566. The van der Waals surface area contributed by atoms with E-state index >= 15 is 0 Å². The maximum Gasteiger partial charge on any atom is 0.229 e. The van der Waals surface area contributed by atoms with Crippen molar-refractivity contribution in [1.82, 2.24) is 15.0 Å². The summed E-state index contributed by atoms with van der Waals surface area (Å²) in [4.78, 5) is 19.7. The molecular weight excluding hydrogens is 318 g/mol. The fourth-order valence-electron chi connectivity index (χ4n) is 3.87. The highest BCUT2D eigenvalue weighted by molar-refractivity contribution is 5.79. The molecular formula is C19H31N3O3. The highest BCUT2D eigenvalue weighted by Gasteiger charge is 2.34. The van der Waals surface area contributed by atoms with Crippen LogP contribution in [0.1, 0.15) is 89.4 Å². The van der Waals surface area contributed by atoms with Crippen molar-refractivity contribution in [1.29, 1.82) is 0 Å². The van der Waals surface area contributed by atoms with Crippen LogP contribution in [0.5, 0.6) is 0 Å². The number of amides is 1. The van der Waals surface area contributed by atoms with Crippen LogP contribution in [-0.2, 0) is 9.53 Å². The van der Waals surface area contributed by atoms with Crippen molar-refractivity contribution in [2.75, 3.05) is 13.2 Å². The van der Waals surface area contributed by atoms with Crippen LogP contribution in [0.25, 0.3) is 0 Å². The zero-order valence-electron chi connectivity index (χ0n) is 15.7. The quantitative estimate of drug-likeness (QED) is 0.808. The van der Waals surface area contributed by atoms with E-state index in [1.165, 1.54) is 0 Å². The van der Waals surface area contributed by atoms with Gasteiger partial charge in [-0.2, -0.15) is 4.98 Å². The maximum absolute atomic E-state index is 13.1. The van der Waals surface area contributed by atoms with Crippen molar-refractivity contribution in [3.63, 3.8) is 0 Å². The third kappa shape index (κ3) is 4.40. The second kappa shape index (κ2) is 8.30. The van der Waals surface area contributed by atoms with Gasteiger partial charge in [-0.25, -0.2) is 0 Å². The van der Waals surface area contributed by atoms with Crippen LogP contribution >= 0.6 is 0 Å². The van der Waals surface area contributed by atoms with Crippen molar-refractivity contribution in [2.24, 2.45) is 5.92 Å². The molecule has 0 aromatic carbocycles. The van der Waals surface area contributed by atoms with Gasteiger partial charge in [-0.05, 0) is 32.1 Å². The molecule has 1 aromatic heterocycles. The molecule has 140 valence electrons. The SMILES string of the molecule is CC(CC1CCCO1)C(=O)N1CCCCCC1c1noc(C(C)C)n1. The first-order valence-corrected chi connectivity index (χ1v) is 9.82. The molecule has 0 N–H and O–H groups in total. The number of ether oxygens (including phenoxy) is 1. The fourth-order valence-corrected chi connectivity index (χ4v) is 3.87. The molecule has 3 heterocycles. The highest BCUT2D eigenvalue weighted by Crippen LogP contribution is 2.31. The fraction of sp³-hybridized carbons (Fsp3) is 0.842. The van der Waals surface area contributed by atoms with Gasteiger partial charge in [0.2, 0.25) is 11.8 Å². The Balaban J connectivity index is 1.73. The molecule has 0 aliphatic carbocycles. The van der Waals surface area contributed by atoms with Gasteiger partial charge in [-0.1, -0.05) is 38.8 Å². The Morgan fingerprint density at radius 1 is 1.20 bits per heavy atom. The first kappa shape index (κ1) is 18.4. The molecule has 0 radical (unpaired) electrons. The zero-order chi connectivity index (χ0) is 17.8. The molecule has 2 saturated heterocycles. The van der Waals surface area contributed by atoms with E-state index in [2.05, 4.69) is 10.1 Å². The third-order valence-electron chi connectivity index (χ3n) is 5.35. The smallest absolute Gasteiger partial charge is 0.229 e. The summed E-state index contributed by atoms with van der Waals surface area (Å²) in [5.41, 5.74) is 0. The molecule has 2 aliphatic heterocycles. The number of hydrogen-bond acceptors (Lipinski definition) is 5. The average molecular weight is 349 g/mol. The van der Waals surface area contributed by atoms with Crippen LogP contribution in [0.3, 0.4) is 0 Å². The van der Waals surface area contributed by atoms with E-state index < -0.39 is 0 Å². The first-order valence-electron chi connectivity index (χ1n) is 9.82. The van der Waals surface area contributed by atoms with E-state index in [4.69, 9.17) is 9.26 Å². The summed E-state index contributed by atoms with van der Waals surface area (Å²) in [6.07, 6.45) is 7.44. The van der Waals surface area contributed by atoms with E-state index in [0.29, 0.717) is 11.7 Å². The number of rotatable bonds is 5. The van der Waals surface area contributed by atoms with E-state index in [1.54, 1.807) is 0 Å². The van der Waals surface area contributed by atoms with Crippen molar-refractivity contribution < 1.29 is 14.1 Å². The van der Waals surface area contributed by atoms with E-state index in [0.717, 1.165) is 58.1 Å². The molecule has 3 unspecified atom stereocenters. The molecule has 25 heavy (non-hydrogen) atoms. The zero-order valence-corrected chi connectivity index (χ0v) is 15.7. The Morgan fingerprint density at radius 3 is 2.72 bits per heavy atom. The molecule has 2 fully saturated rings. The summed E-state index contributed by atoms with van der Waals surface area (Å²) in [6, 6.07) is -0.0572. The minimum Gasteiger partial charge on any atom is -0.378 e. The Labute approximate surface area is 150 Å². The van der Waals surface area contributed by atoms with Gasteiger partial charge in [0.1, 0.15) is 0 Å². The molecule has 2 aliphatic rings. The Kier molecular flexibility index (Phi) is 6.10. The standard InChI is InChI=1S/C19H31N3O3/c1-13(2)18-20-17(21-25-18)16-9-5-4-6-10-22(16)19(23)14(3)12-15-8-7-11-24-15/h13-16H,4-12H2,1-3H3. The summed E-state index contributed by atoms with van der Waals surface area (Å²) in [5, 5.41) is 4.19. The molecule has 0 saturated carbocycles. The third-order valence-corrected chi connectivity index (χ3v) is 5.35. The average Bonchev–Trinajstić information content (AvgIpc) is 3.22. The van der Waals surface area contributed by atoms with Crippen LogP contribution in [0.2, 0.25) is 0 Å². The number of nitrogens with zero attached hydrogens (tertiary/aromatic N) is 3. The summed E-state index contributed by atoms with van der Waals surface area (Å²) < 4.78 is 11.1. The minimum absolute atomic E-state index is 0.0276. The molecule has 0 spiro atoms. The topological polar surface area (TPSA) is 68.5 Å². The summed E-state index contributed by atoms with van der Waals surface area (Å²) in [5.74, 6) is 1.70. The van der Waals surface area contributed by atoms with Gasteiger partial charge in [0, 0.05) is 25.0 Å². The van der Waals surface area contributed by atoms with Crippen LogP contribution in [0.4, 0.5) is 0 Å². The first-order chi connectivity index (χ1) is 12.1. The number of likely N-dealkylation sites (tertiary alicyclic amines) is 1. The number of aromatic nitrogens is 2. The van der Waals surface area contributed by atoms with Crippen LogP contribution < -0.4 is 0 Å². The van der Waals surface area contributed by atoms with Crippen LogP contribution in [0.15, 0.2) is 4.52 Å². The highest BCUT2D eigenvalue weighted by atomic mass is 16.5. The predicted molar refractivity (Wildman–Crippen MR) is 94.1 cm³/mol. The van der Waals surface area contributed by atoms with Crippen molar-refractivity contribution in [2.45, 2.75) is 83.8 Å². The van der Waals surface area contributed by atoms with Crippen molar-refractivity contribution >= 4 is 5.91 Å². The van der Waals surface area contributed by atoms with Crippen LogP contribution in [0, 0.1) is 5.92 Å². The Morgan fingerprint density at radius 2 is 2.04 bits per heavy atom. The lowest BCUT2D eigenvalue weighted by atomic mass is 9.99. The Hall–Kier alpha value is -1.43. The largest absolute Gasteiger partial charge is 0.378 e. The summed E-state index contributed by atoms with van der Waals surface area (Å²) in [6.45, 7) is 7.72. The van der Waals surface area contributed by atoms with Crippen molar-refractivity contribution in [3.8, 4) is 0 Å². The van der Waals surface area contributed by atoms with Crippen molar-refractivity contribution in [3.05, 3.63) is 11.7 Å². The summed E-state index contributed by atoms with van der Waals surface area (Å²) in [7, 11) is 0. The lowest BCUT2D eigenvalue weighted by Crippen LogP contribution is -2.39. The second-order valence-electron chi connectivity index (χ2n) is 7.81. The van der Waals surface area contributed by atoms with Gasteiger partial charge in [0.15, 0.2) is 5.82 Å². The minimum atomic E-state index is -0.0572. The molecule has 6 nitrogen and oxygen atoms in total. The molecule has 0 bridgehead atoms. The van der Waals surface area contributed by atoms with Gasteiger partial charge in [0.05, 0.1) is 12.1 Å². The normalized spacial score (nSPS) is 26.0. The molecule has 3 atom stereocenters. The molecule has 3 rings (SSSR count). The van der Waals surface area contributed by atoms with Gasteiger partial charge in [0.25, 0.3) is 0 Å². The van der Waals surface area contributed by atoms with Gasteiger partial charge in [-0.15, -0.1) is 0 Å². The number of hydrogen-bond donors (Lipinski definition) is 0. The van der Waals surface area contributed by atoms with Gasteiger partial charge in [-0.3, -0.25) is 4.79 Å². The molecule has 6 heteroatoms. The lowest BCUT2D eigenvalue weighted by molar-refractivity contribution is -0.138. The predicted octanol–water partition coefficient (Wildman–Crippen LogP) is 3.84. The monoisotopic (exact) mass is 349 g/mol. The molecule has 1 aromatic rings. The second-order valence-corrected chi connectivity index (χ2v) is 7.81. The number of carbonyl (C=O) groups excluding carboxylic acids is 1. The van der Waals surface area contributed by atoms with E-state index in [1.807, 2.05) is 25.7 Å². The molecule has 1 amide bonds. The number of carbonyl (C=O) groups is 1. The maximum atomic E-state index is 13.1.